The molecule has 2 amide bonds. The minimum atomic E-state index is -0.368. The molecule has 0 unspecified atom stereocenters. The average molecular weight is 288 g/mol. The molecule has 0 saturated carbocycles. The standard InChI is InChI=1S/C10H16N4O2S2/c1-6-9(17-5-7(11)15)18-10(13-6)14-8(16)3-4-12-2/h12H,3-5H2,1-2H3,(H2,11,15)(H,13,14,16). The van der Waals surface area contributed by atoms with Crippen molar-refractivity contribution in [3.8, 4) is 0 Å². The van der Waals surface area contributed by atoms with E-state index in [1.54, 1.807) is 7.05 Å². The van der Waals surface area contributed by atoms with Gasteiger partial charge in [0.1, 0.15) is 0 Å². The van der Waals surface area contributed by atoms with E-state index in [0.29, 0.717) is 18.1 Å². The van der Waals surface area contributed by atoms with Crippen molar-refractivity contribution in [1.82, 2.24) is 10.3 Å². The Balaban J connectivity index is 2.55. The van der Waals surface area contributed by atoms with E-state index >= 15 is 0 Å². The van der Waals surface area contributed by atoms with E-state index in [0.717, 1.165) is 9.90 Å². The molecule has 1 aromatic heterocycles. The van der Waals surface area contributed by atoms with Gasteiger partial charge in [-0.15, -0.1) is 11.8 Å². The molecule has 0 fully saturated rings. The first kappa shape index (κ1) is 14.9. The number of aromatic nitrogens is 1. The average Bonchev–Trinajstić information content (AvgIpc) is 2.64. The number of anilines is 1. The summed E-state index contributed by atoms with van der Waals surface area (Å²) >= 11 is 2.69. The van der Waals surface area contributed by atoms with E-state index in [9.17, 15) is 9.59 Å². The second kappa shape index (κ2) is 7.34. The van der Waals surface area contributed by atoms with Crippen molar-refractivity contribution in [2.45, 2.75) is 17.6 Å². The highest BCUT2D eigenvalue weighted by atomic mass is 32.2. The fraction of sp³-hybridized carbons (Fsp3) is 0.500. The Hall–Kier alpha value is -1.12. The van der Waals surface area contributed by atoms with Crippen molar-refractivity contribution >= 4 is 40.0 Å². The SMILES string of the molecule is CNCCC(=O)Nc1nc(C)c(SCC(N)=O)s1. The summed E-state index contributed by atoms with van der Waals surface area (Å²) in [6.07, 6.45) is 0.402. The van der Waals surface area contributed by atoms with Crippen LogP contribution in [0.25, 0.3) is 0 Å². The maximum atomic E-state index is 11.5. The van der Waals surface area contributed by atoms with Crippen molar-refractivity contribution in [3.05, 3.63) is 5.69 Å². The highest BCUT2D eigenvalue weighted by Crippen LogP contribution is 2.31. The first-order chi connectivity index (χ1) is 8.52. The van der Waals surface area contributed by atoms with Crippen LogP contribution in [0.2, 0.25) is 0 Å². The molecule has 18 heavy (non-hydrogen) atoms. The molecule has 0 aliphatic heterocycles. The topological polar surface area (TPSA) is 97.1 Å². The number of hydrogen-bond donors (Lipinski definition) is 3. The van der Waals surface area contributed by atoms with Crippen LogP contribution in [0.1, 0.15) is 12.1 Å². The van der Waals surface area contributed by atoms with Gasteiger partial charge >= 0.3 is 0 Å². The van der Waals surface area contributed by atoms with Crippen LogP contribution >= 0.6 is 23.1 Å². The maximum Gasteiger partial charge on any atom is 0.227 e. The number of primary amides is 1. The Bertz CT molecular complexity index is 434. The maximum absolute atomic E-state index is 11.5. The van der Waals surface area contributed by atoms with Crippen LogP contribution in [0.3, 0.4) is 0 Å². The zero-order valence-electron chi connectivity index (χ0n) is 10.3. The smallest absolute Gasteiger partial charge is 0.227 e. The second-order valence-corrected chi connectivity index (χ2v) is 5.79. The third-order valence-corrected chi connectivity index (χ3v) is 4.41. The summed E-state index contributed by atoms with van der Waals surface area (Å²) in [5.74, 6) is -0.229. The highest BCUT2D eigenvalue weighted by Gasteiger charge is 2.11. The second-order valence-electron chi connectivity index (χ2n) is 3.55. The fourth-order valence-electron chi connectivity index (χ4n) is 1.13. The van der Waals surface area contributed by atoms with Gasteiger partial charge in [0.25, 0.3) is 0 Å². The van der Waals surface area contributed by atoms with Gasteiger partial charge < -0.3 is 16.4 Å². The van der Waals surface area contributed by atoms with E-state index in [-0.39, 0.29) is 17.6 Å². The van der Waals surface area contributed by atoms with Gasteiger partial charge in [-0.2, -0.15) is 0 Å². The molecule has 0 aliphatic rings. The number of amides is 2. The van der Waals surface area contributed by atoms with E-state index in [2.05, 4.69) is 15.6 Å². The van der Waals surface area contributed by atoms with Crippen molar-refractivity contribution in [3.63, 3.8) is 0 Å². The monoisotopic (exact) mass is 288 g/mol. The van der Waals surface area contributed by atoms with Gasteiger partial charge in [-0.3, -0.25) is 9.59 Å². The normalized spacial score (nSPS) is 10.3. The zero-order valence-corrected chi connectivity index (χ0v) is 11.9. The molecule has 0 saturated heterocycles. The Morgan fingerprint density at radius 2 is 2.22 bits per heavy atom. The van der Waals surface area contributed by atoms with Crippen molar-refractivity contribution in [2.75, 3.05) is 24.7 Å². The summed E-state index contributed by atoms with van der Waals surface area (Å²) in [6.45, 7) is 2.46. The van der Waals surface area contributed by atoms with Crippen LogP contribution in [0.5, 0.6) is 0 Å². The van der Waals surface area contributed by atoms with E-state index in [1.807, 2.05) is 6.92 Å². The number of thiazole rings is 1. The Morgan fingerprint density at radius 3 is 2.83 bits per heavy atom. The molecule has 0 atom stereocenters. The van der Waals surface area contributed by atoms with Gasteiger partial charge in [0.05, 0.1) is 15.7 Å². The van der Waals surface area contributed by atoms with Crippen molar-refractivity contribution < 1.29 is 9.59 Å². The number of aryl methyl sites for hydroxylation is 1. The molecule has 0 bridgehead atoms. The van der Waals surface area contributed by atoms with Crippen LogP contribution in [0.4, 0.5) is 5.13 Å². The Labute approximate surface area is 114 Å². The van der Waals surface area contributed by atoms with Gasteiger partial charge in [0.2, 0.25) is 11.8 Å². The molecular formula is C10H16N4O2S2. The van der Waals surface area contributed by atoms with Crippen LogP contribution in [0, 0.1) is 6.92 Å². The Morgan fingerprint density at radius 1 is 1.50 bits per heavy atom. The third-order valence-electron chi connectivity index (χ3n) is 1.95. The van der Waals surface area contributed by atoms with E-state index in [4.69, 9.17) is 5.73 Å². The molecule has 1 rings (SSSR count). The molecule has 1 heterocycles. The molecule has 6 nitrogen and oxygen atoms in total. The molecule has 4 N–H and O–H groups in total. The predicted molar refractivity (Wildman–Crippen MR) is 73.9 cm³/mol. The predicted octanol–water partition coefficient (Wildman–Crippen LogP) is 0.577. The minimum Gasteiger partial charge on any atom is -0.369 e. The largest absolute Gasteiger partial charge is 0.369 e. The lowest BCUT2D eigenvalue weighted by Gasteiger charge is -1.99. The van der Waals surface area contributed by atoms with Gasteiger partial charge in [-0.1, -0.05) is 11.3 Å². The summed E-state index contributed by atoms with van der Waals surface area (Å²) in [7, 11) is 1.79. The summed E-state index contributed by atoms with van der Waals surface area (Å²) in [6, 6.07) is 0. The lowest BCUT2D eigenvalue weighted by molar-refractivity contribution is -0.116. The lowest BCUT2D eigenvalue weighted by atomic mass is 10.4. The molecule has 0 radical (unpaired) electrons. The minimum absolute atomic E-state index is 0.0791. The number of carbonyl (C=O) groups excluding carboxylic acids is 2. The number of thioether (sulfide) groups is 1. The van der Waals surface area contributed by atoms with Crippen LogP contribution in [-0.4, -0.2) is 36.1 Å². The van der Waals surface area contributed by atoms with E-state index < -0.39 is 0 Å². The lowest BCUT2D eigenvalue weighted by Crippen LogP contribution is -2.18. The summed E-state index contributed by atoms with van der Waals surface area (Å²) < 4.78 is 0.901. The number of hydrogen-bond acceptors (Lipinski definition) is 6. The van der Waals surface area contributed by atoms with Gasteiger partial charge in [-0.05, 0) is 14.0 Å². The summed E-state index contributed by atoms with van der Waals surface area (Å²) in [5.41, 5.74) is 5.88. The number of nitrogens with one attached hydrogen (secondary N) is 2. The van der Waals surface area contributed by atoms with Crippen molar-refractivity contribution in [1.29, 1.82) is 0 Å². The van der Waals surface area contributed by atoms with Crippen molar-refractivity contribution in [2.24, 2.45) is 5.73 Å². The molecule has 0 aliphatic carbocycles. The van der Waals surface area contributed by atoms with Gasteiger partial charge in [0, 0.05) is 13.0 Å². The quantitative estimate of drug-likeness (QED) is 0.638. The molecule has 100 valence electrons. The fourth-order valence-corrected chi connectivity index (χ4v) is 3.02. The molecular weight excluding hydrogens is 272 g/mol. The zero-order chi connectivity index (χ0) is 13.5. The summed E-state index contributed by atoms with van der Waals surface area (Å²) in [4.78, 5) is 26.4. The number of carbonyl (C=O) groups is 2. The van der Waals surface area contributed by atoms with Crippen LogP contribution < -0.4 is 16.4 Å². The first-order valence-electron chi connectivity index (χ1n) is 5.36. The van der Waals surface area contributed by atoms with Crippen LogP contribution in [-0.2, 0) is 9.59 Å². The Kier molecular flexibility index (Phi) is 6.10. The van der Waals surface area contributed by atoms with Gasteiger partial charge in [-0.25, -0.2) is 4.98 Å². The van der Waals surface area contributed by atoms with Gasteiger partial charge in [0.15, 0.2) is 5.13 Å². The highest BCUT2D eigenvalue weighted by molar-refractivity contribution is 8.01. The molecule has 0 aromatic carbocycles. The summed E-state index contributed by atoms with van der Waals surface area (Å²) in [5, 5.41) is 6.18. The number of rotatable bonds is 7. The number of nitrogens with zero attached hydrogens (tertiary/aromatic N) is 1. The third kappa shape index (κ3) is 5.03. The first-order valence-corrected chi connectivity index (χ1v) is 7.16. The number of nitrogens with two attached hydrogens (primary N) is 1. The van der Waals surface area contributed by atoms with Crippen LogP contribution in [0.15, 0.2) is 4.21 Å². The molecule has 0 spiro atoms. The molecule has 1 aromatic rings. The van der Waals surface area contributed by atoms with E-state index in [1.165, 1.54) is 23.1 Å². The molecule has 8 heteroatoms.